The summed E-state index contributed by atoms with van der Waals surface area (Å²) < 4.78 is 6.99. The molecule has 0 aliphatic heterocycles. The van der Waals surface area contributed by atoms with Crippen LogP contribution in [0.2, 0.25) is 0 Å². The molecular formula is C44H24N4S. The van der Waals surface area contributed by atoms with Gasteiger partial charge in [-0.3, -0.25) is 0 Å². The summed E-state index contributed by atoms with van der Waals surface area (Å²) in [7, 11) is 0. The molecule has 0 N–H and O–H groups in total. The molecule has 49 heavy (non-hydrogen) atoms. The van der Waals surface area contributed by atoms with E-state index in [0.717, 1.165) is 55.3 Å². The monoisotopic (exact) mass is 640 g/mol. The Morgan fingerprint density at radius 1 is 0.449 bits per heavy atom. The predicted octanol–water partition coefficient (Wildman–Crippen LogP) is 11.7. The molecule has 0 fully saturated rings. The first-order chi connectivity index (χ1) is 24.2. The fraction of sp³-hybridized carbons (Fsp3) is 0. The smallest absolute Gasteiger partial charge is 0.101 e. The molecule has 3 aromatic heterocycles. The summed E-state index contributed by atoms with van der Waals surface area (Å²) in [5, 5.41) is 28.3. The highest BCUT2D eigenvalue weighted by Gasteiger charge is 2.22. The van der Waals surface area contributed by atoms with Crippen LogP contribution in [0, 0.1) is 22.7 Å². The summed E-state index contributed by atoms with van der Waals surface area (Å²) in [5.41, 5.74) is 8.67. The molecule has 3 heterocycles. The molecule has 0 amide bonds. The molecule has 10 rings (SSSR count). The van der Waals surface area contributed by atoms with E-state index in [1.165, 1.54) is 30.9 Å². The maximum atomic E-state index is 10.6. The van der Waals surface area contributed by atoms with Gasteiger partial charge >= 0.3 is 0 Å². The summed E-state index contributed by atoms with van der Waals surface area (Å²) >= 11 is 1.83. The second kappa shape index (κ2) is 10.4. The average Bonchev–Trinajstić information content (AvgIpc) is 3.82. The normalized spacial score (nSPS) is 11.6. The van der Waals surface area contributed by atoms with Gasteiger partial charge in [-0.2, -0.15) is 10.5 Å². The minimum atomic E-state index is 0.539. The van der Waals surface area contributed by atoms with Crippen LogP contribution in [0.5, 0.6) is 0 Å². The van der Waals surface area contributed by atoms with Crippen molar-refractivity contribution < 1.29 is 0 Å². The minimum absolute atomic E-state index is 0.539. The van der Waals surface area contributed by atoms with Crippen LogP contribution in [0.25, 0.3) is 86.3 Å². The third-order valence-corrected chi connectivity index (χ3v) is 11.0. The van der Waals surface area contributed by atoms with Gasteiger partial charge in [-0.05, 0) is 60.2 Å². The number of aromatic nitrogens is 2. The van der Waals surface area contributed by atoms with Crippen molar-refractivity contribution in [3.05, 3.63) is 157 Å². The SMILES string of the molecule is N#Cc1cc(-c2c(C#N)cccc2-n2c3ccccc3c3c4sc5ccccc5c4ccc32)ccc1-n1c2ccccc2c2ccccc21. The van der Waals surface area contributed by atoms with Crippen molar-refractivity contribution >= 4 is 75.1 Å². The molecule has 0 aliphatic rings. The number of hydrogen-bond acceptors (Lipinski definition) is 3. The van der Waals surface area contributed by atoms with Gasteiger partial charge in [0, 0.05) is 47.3 Å². The number of para-hydroxylation sites is 3. The van der Waals surface area contributed by atoms with E-state index >= 15 is 0 Å². The highest BCUT2D eigenvalue weighted by Crippen LogP contribution is 2.45. The Balaban J connectivity index is 1.25. The first kappa shape index (κ1) is 27.5. The maximum absolute atomic E-state index is 10.6. The molecule has 5 heteroatoms. The van der Waals surface area contributed by atoms with E-state index in [0.29, 0.717) is 11.1 Å². The van der Waals surface area contributed by atoms with Gasteiger partial charge in [-0.25, -0.2) is 0 Å². The minimum Gasteiger partial charge on any atom is -0.309 e. The number of benzene rings is 7. The molecule has 0 unspecified atom stereocenters. The molecule has 0 saturated carbocycles. The molecule has 0 atom stereocenters. The van der Waals surface area contributed by atoms with E-state index in [2.05, 4.69) is 118 Å². The largest absolute Gasteiger partial charge is 0.309 e. The summed E-state index contributed by atoms with van der Waals surface area (Å²) in [6.07, 6.45) is 0. The maximum Gasteiger partial charge on any atom is 0.101 e. The van der Waals surface area contributed by atoms with Crippen molar-refractivity contribution in [2.24, 2.45) is 0 Å². The van der Waals surface area contributed by atoms with Crippen molar-refractivity contribution in [3.63, 3.8) is 0 Å². The van der Waals surface area contributed by atoms with Crippen LogP contribution >= 0.6 is 11.3 Å². The highest BCUT2D eigenvalue weighted by molar-refractivity contribution is 7.26. The van der Waals surface area contributed by atoms with Crippen molar-refractivity contribution in [3.8, 4) is 34.6 Å². The fourth-order valence-electron chi connectivity index (χ4n) is 7.78. The van der Waals surface area contributed by atoms with Crippen LogP contribution in [0.1, 0.15) is 11.1 Å². The van der Waals surface area contributed by atoms with E-state index < -0.39 is 0 Å². The fourth-order valence-corrected chi connectivity index (χ4v) is 9.03. The van der Waals surface area contributed by atoms with Gasteiger partial charge < -0.3 is 9.13 Å². The lowest BCUT2D eigenvalue weighted by atomic mass is 9.95. The van der Waals surface area contributed by atoms with Gasteiger partial charge in [0.15, 0.2) is 0 Å². The zero-order chi connectivity index (χ0) is 32.6. The summed E-state index contributed by atoms with van der Waals surface area (Å²) in [6, 6.07) is 55.1. The van der Waals surface area contributed by atoms with Gasteiger partial charge in [0.05, 0.1) is 50.6 Å². The molecule has 0 saturated heterocycles. The van der Waals surface area contributed by atoms with Crippen LogP contribution in [0.4, 0.5) is 0 Å². The number of thiophene rings is 1. The van der Waals surface area contributed by atoms with E-state index in [1.54, 1.807) is 0 Å². The van der Waals surface area contributed by atoms with Gasteiger partial charge in [-0.15, -0.1) is 11.3 Å². The highest BCUT2D eigenvalue weighted by atomic mass is 32.1. The molecular weight excluding hydrogens is 617 g/mol. The Hall–Kier alpha value is -6.66. The van der Waals surface area contributed by atoms with Crippen LogP contribution in [0.15, 0.2) is 146 Å². The van der Waals surface area contributed by atoms with E-state index in [-0.39, 0.29) is 0 Å². The lowest BCUT2D eigenvalue weighted by Gasteiger charge is -2.17. The lowest BCUT2D eigenvalue weighted by Crippen LogP contribution is -2.01. The molecule has 226 valence electrons. The number of fused-ring (bicyclic) bond motifs is 10. The first-order valence-electron chi connectivity index (χ1n) is 16.1. The van der Waals surface area contributed by atoms with E-state index in [4.69, 9.17) is 0 Å². The van der Waals surface area contributed by atoms with Crippen molar-refractivity contribution in [2.75, 3.05) is 0 Å². The molecule has 10 aromatic rings. The van der Waals surface area contributed by atoms with Crippen LogP contribution in [-0.4, -0.2) is 9.13 Å². The Morgan fingerprint density at radius 2 is 1.06 bits per heavy atom. The molecule has 4 nitrogen and oxygen atoms in total. The second-order valence-corrected chi connectivity index (χ2v) is 13.4. The Kier molecular flexibility index (Phi) is 5.84. The van der Waals surface area contributed by atoms with E-state index in [9.17, 15) is 10.5 Å². The summed E-state index contributed by atoms with van der Waals surface area (Å²) in [6.45, 7) is 0. The molecule has 0 aliphatic carbocycles. The van der Waals surface area contributed by atoms with Gasteiger partial charge in [-0.1, -0.05) is 91.0 Å². The number of nitrogens with zero attached hydrogens (tertiary/aromatic N) is 4. The van der Waals surface area contributed by atoms with Crippen molar-refractivity contribution in [2.45, 2.75) is 0 Å². The Morgan fingerprint density at radius 3 is 1.78 bits per heavy atom. The van der Waals surface area contributed by atoms with Crippen LogP contribution in [-0.2, 0) is 0 Å². The van der Waals surface area contributed by atoms with E-state index in [1.807, 2.05) is 59.9 Å². The zero-order valence-corrected chi connectivity index (χ0v) is 26.9. The van der Waals surface area contributed by atoms with Crippen molar-refractivity contribution in [1.82, 2.24) is 9.13 Å². The van der Waals surface area contributed by atoms with Crippen LogP contribution in [0.3, 0.4) is 0 Å². The Labute approximate surface area is 285 Å². The molecule has 7 aromatic carbocycles. The topological polar surface area (TPSA) is 57.4 Å². The number of nitriles is 2. The number of hydrogen-bond donors (Lipinski definition) is 0. The van der Waals surface area contributed by atoms with Crippen molar-refractivity contribution in [1.29, 1.82) is 10.5 Å². The van der Waals surface area contributed by atoms with Gasteiger partial charge in [0.25, 0.3) is 0 Å². The molecule has 0 radical (unpaired) electrons. The Bertz CT molecular complexity index is 3030. The predicted molar refractivity (Wildman–Crippen MR) is 203 cm³/mol. The number of rotatable bonds is 3. The third kappa shape index (κ3) is 3.82. The van der Waals surface area contributed by atoms with Gasteiger partial charge in [0.2, 0.25) is 0 Å². The lowest BCUT2D eigenvalue weighted by molar-refractivity contribution is 1.16. The summed E-state index contributed by atoms with van der Waals surface area (Å²) in [4.78, 5) is 0. The third-order valence-electron chi connectivity index (χ3n) is 9.81. The average molecular weight is 641 g/mol. The quantitative estimate of drug-likeness (QED) is 0.193. The van der Waals surface area contributed by atoms with Gasteiger partial charge in [0.1, 0.15) is 6.07 Å². The van der Waals surface area contributed by atoms with Crippen LogP contribution < -0.4 is 0 Å². The second-order valence-electron chi connectivity index (χ2n) is 12.3. The standard InChI is InChI=1S/C44H24N4S/c45-25-28-10-9-18-39(48-38-17-7-3-14-34(38)43-40(48)23-21-33-32-13-4-8-19-41(32)49-44(33)43)42(28)27-20-22-35(29(24-27)26-46)47-36-15-5-1-11-30(36)31-12-2-6-16-37(31)47/h1-24H. The zero-order valence-electron chi connectivity index (χ0n) is 26.1. The first-order valence-corrected chi connectivity index (χ1v) is 17.0. The summed E-state index contributed by atoms with van der Waals surface area (Å²) in [5.74, 6) is 0. The molecule has 0 spiro atoms. The molecule has 0 bridgehead atoms.